The van der Waals surface area contributed by atoms with Gasteiger partial charge in [0.05, 0.1) is 19.8 Å². The summed E-state index contributed by atoms with van der Waals surface area (Å²) < 4.78 is 9.54. The van der Waals surface area contributed by atoms with Gasteiger partial charge in [0.25, 0.3) is 0 Å². The Bertz CT molecular complexity index is 584. The van der Waals surface area contributed by atoms with Gasteiger partial charge in [-0.25, -0.2) is 4.79 Å². The second-order valence-corrected chi connectivity index (χ2v) is 4.56. The first-order valence-electron chi connectivity index (χ1n) is 5.99. The van der Waals surface area contributed by atoms with E-state index in [0.717, 1.165) is 22.3 Å². The summed E-state index contributed by atoms with van der Waals surface area (Å²) in [6.45, 7) is 3.96. The fraction of sp³-hybridized carbons (Fsp3) is 0.333. The van der Waals surface area contributed by atoms with Gasteiger partial charge in [0, 0.05) is 0 Å². The molecule has 0 aromatic heterocycles. The van der Waals surface area contributed by atoms with Crippen LogP contribution in [0, 0.1) is 13.8 Å². The first-order chi connectivity index (χ1) is 9.01. The normalized spacial score (nSPS) is 16.6. The SMILES string of the molecule is COC(=O)C1=Cc2c(ccc(C)c2C)C1C(=O)OC. The van der Waals surface area contributed by atoms with Crippen LogP contribution in [-0.4, -0.2) is 26.2 Å². The van der Waals surface area contributed by atoms with E-state index < -0.39 is 17.9 Å². The highest BCUT2D eigenvalue weighted by Crippen LogP contribution is 2.39. The van der Waals surface area contributed by atoms with Crippen LogP contribution in [0.3, 0.4) is 0 Å². The number of aryl methyl sites for hydroxylation is 1. The molecular weight excluding hydrogens is 244 g/mol. The van der Waals surface area contributed by atoms with Gasteiger partial charge >= 0.3 is 11.9 Å². The molecule has 1 atom stereocenters. The zero-order valence-corrected chi connectivity index (χ0v) is 11.4. The molecule has 0 fully saturated rings. The van der Waals surface area contributed by atoms with Crippen molar-refractivity contribution in [2.45, 2.75) is 19.8 Å². The minimum absolute atomic E-state index is 0.332. The monoisotopic (exact) mass is 260 g/mol. The highest BCUT2D eigenvalue weighted by molar-refractivity contribution is 6.06. The Hall–Kier alpha value is -2.10. The Morgan fingerprint density at radius 1 is 1.11 bits per heavy atom. The summed E-state index contributed by atoms with van der Waals surface area (Å²) in [6, 6.07) is 3.81. The molecule has 0 heterocycles. The lowest BCUT2D eigenvalue weighted by Crippen LogP contribution is -2.19. The Morgan fingerprint density at radius 3 is 2.37 bits per heavy atom. The topological polar surface area (TPSA) is 52.6 Å². The van der Waals surface area contributed by atoms with Crippen molar-refractivity contribution >= 4 is 18.0 Å². The second kappa shape index (κ2) is 4.88. The lowest BCUT2D eigenvalue weighted by Gasteiger charge is -2.14. The predicted molar refractivity (Wildman–Crippen MR) is 70.7 cm³/mol. The van der Waals surface area contributed by atoms with E-state index in [4.69, 9.17) is 9.47 Å². The van der Waals surface area contributed by atoms with Gasteiger partial charge in [0.2, 0.25) is 0 Å². The minimum Gasteiger partial charge on any atom is -0.468 e. The lowest BCUT2D eigenvalue weighted by molar-refractivity contribution is -0.144. The van der Waals surface area contributed by atoms with E-state index in [1.54, 1.807) is 6.08 Å². The van der Waals surface area contributed by atoms with Gasteiger partial charge in [-0.05, 0) is 42.2 Å². The van der Waals surface area contributed by atoms with Crippen molar-refractivity contribution in [1.82, 2.24) is 0 Å². The Balaban J connectivity index is 2.61. The number of carbonyl (C=O) groups excluding carboxylic acids is 2. The van der Waals surface area contributed by atoms with E-state index in [9.17, 15) is 9.59 Å². The summed E-state index contributed by atoms with van der Waals surface area (Å²) in [7, 11) is 2.62. The Labute approximate surface area is 112 Å². The number of benzene rings is 1. The van der Waals surface area contributed by atoms with Crippen molar-refractivity contribution in [3.63, 3.8) is 0 Å². The molecule has 0 radical (unpaired) electrons. The summed E-state index contributed by atoms with van der Waals surface area (Å²) in [5.41, 5.74) is 4.22. The van der Waals surface area contributed by atoms with Gasteiger partial charge in [-0.2, -0.15) is 0 Å². The van der Waals surface area contributed by atoms with E-state index in [1.807, 2.05) is 26.0 Å². The van der Waals surface area contributed by atoms with Crippen LogP contribution in [0.1, 0.15) is 28.2 Å². The van der Waals surface area contributed by atoms with Crippen molar-refractivity contribution in [3.8, 4) is 0 Å². The Morgan fingerprint density at radius 2 is 1.79 bits per heavy atom. The second-order valence-electron chi connectivity index (χ2n) is 4.56. The van der Waals surface area contributed by atoms with Crippen LogP contribution in [0.25, 0.3) is 6.08 Å². The average molecular weight is 260 g/mol. The van der Waals surface area contributed by atoms with Gasteiger partial charge in [-0.15, -0.1) is 0 Å². The molecule has 0 bridgehead atoms. The molecule has 0 aliphatic heterocycles. The highest BCUT2D eigenvalue weighted by Gasteiger charge is 2.37. The van der Waals surface area contributed by atoms with Gasteiger partial charge < -0.3 is 9.47 Å². The molecule has 2 rings (SSSR count). The maximum Gasteiger partial charge on any atom is 0.334 e. The van der Waals surface area contributed by atoms with Crippen molar-refractivity contribution in [2.24, 2.45) is 0 Å². The van der Waals surface area contributed by atoms with Gasteiger partial charge in [0.1, 0.15) is 5.92 Å². The van der Waals surface area contributed by atoms with Gasteiger partial charge in [-0.3, -0.25) is 4.79 Å². The number of methoxy groups -OCH3 is 2. The zero-order chi connectivity index (χ0) is 14.2. The number of ether oxygens (including phenoxy) is 2. The molecule has 1 aliphatic rings. The van der Waals surface area contributed by atoms with Crippen LogP contribution in [0.2, 0.25) is 0 Å². The molecule has 0 N–H and O–H groups in total. The number of fused-ring (bicyclic) bond motifs is 1. The fourth-order valence-electron chi connectivity index (χ4n) is 2.37. The predicted octanol–water partition coefficient (Wildman–Crippen LogP) is 2.13. The molecule has 1 aromatic carbocycles. The van der Waals surface area contributed by atoms with E-state index >= 15 is 0 Å². The van der Waals surface area contributed by atoms with E-state index in [0.29, 0.717) is 5.57 Å². The van der Waals surface area contributed by atoms with Gasteiger partial charge in [0.15, 0.2) is 0 Å². The summed E-state index contributed by atoms with van der Waals surface area (Å²) >= 11 is 0. The molecular formula is C15H16O4. The first-order valence-corrected chi connectivity index (χ1v) is 5.99. The minimum atomic E-state index is -0.688. The van der Waals surface area contributed by atoms with Crippen LogP contribution >= 0.6 is 0 Å². The Kier molecular flexibility index (Phi) is 3.42. The largest absolute Gasteiger partial charge is 0.468 e. The van der Waals surface area contributed by atoms with E-state index in [-0.39, 0.29) is 0 Å². The molecule has 4 nitrogen and oxygen atoms in total. The van der Waals surface area contributed by atoms with Crippen LogP contribution in [0.5, 0.6) is 0 Å². The summed E-state index contributed by atoms with van der Waals surface area (Å²) in [5.74, 6) is -1.63. The molecule has 0 saturated carbocycles. The third-order valence-corrected chi connectivity index (χ3v) is 3.60. The summed E-state index contributed by atoms with van der Waals surface area (Å²) in [4.78, 5) is 23.7. The molecule has 0 saturated heterocycles. The third-order valence-electron chi connectivity index (χ3n) is 3.60. The van der Waals surface area contributed by atoms with Crippen LogP contribution in [0.4, 0.5) is 0 Å². The molecule has 100 valence electrons. The maximum absolute atomic E-state index is 11.9. The molecule has 1 aliphatic carbocycles. The summed E-state index contributed by atoms with van der Waals surface area (Å²) in [5, 5.41) is 0. The average Bonchev–Trinajstić information content (AvgIpc) is 2.81. The number of carbonyl (C=O) groups is 2. The molecule has 1 unspecified atom stereocenters. The molecule has 0 spiro atoms. The number of hydrogen-bond acceptors (Lipinski definition) is 4. The molecule has 0 amide bonds. The maximum atomic E-state index is 11.9. The number of rotatable bonds is 2. The fourth-order valence-corrected chi connectivity index (χ4v) is 2.37. The van der Waals surface area contributed by atoms with Crippen LogP contribution < -0.4 is 0 Å². The lowest BCUT2D eigenvalue weighted by atomic mass is 9.93. The van der Waals surface area contributed by atoms with Crippen LogP contribution in [-0.2, 0) is 19.1 Å². The smallest absolute Gasteiger partial charge is 0.334 e. The quantitative estimate of drug-likeness (QED) is 0.764. The first kappa shape index (κ1) is 13.3. The highest BCUT2D eigenvalue weighted by atomic mass is 16.5. The molecule has 19 heavy (non-hydrogen) atoms. The van der Waals surface area contributed by atoms with E-state index in [2.05, 4.69) is 0 Å². The van der Waals surface area contributed by atoms with Crippen molar-refractivity contribution < 1.29 is 19.1 Å². The number of hydrogen-bond donors (Lipinski definition) is 0. The standard InChI is InChI=1S/C15H16O4/c1-8-5-6-10-11(9(8)2)7-12(14(16)18-3)13(10)15(17)19-4/h5-7,13H,1-4H3. The molecule has 1 aromatic rings. The van der Waals surface area contributed by atoms with Gasteiger partial charge in [-0.1, -0.05) is 12.1 Å². The zero-order valence-electron chi connectivity index (χ0n) is 11.4. The summed E-state index contributed by atoms with van der Waals surface area (Å²) in [6.07, 6.45) is 1.73. The molecule has 4 heteroatoms. The van der Waals surface area contributed by atoms with Crippen molar-refractivity contribution in [2.75, 3.05) is 14.2 Å². The van der Waals surface area contributed by atoms with Crippen molar-refractivity contribution in [1.29, 1.82) is 0 Å². The van der Waals surface area contributed by atoms with E-state index in [1.165, 1.54) is 14.2 Å². The van der Waals surface area contributed by atoms with Crippen LogP contribution in [0.15, 0.2) is 17.7 Å². The number of esters is 2. The third kappa shape index (κ3) is 2.03. The van der Waals surface area contributed by atoms with Crippen molar-refractivity contribution in [3.05, 3.63) is 40.0 Å².